The highest BCUT2D eigenvalue weighted by Gasteiger charge is 2.59. The van der Waals surface area contributed by atoms with Crippen LogP contribution in [0.1, 0.15) is 72.1 Å². The van der Waals surface area contributed by atoms with Crippen molar-refractivity contribution in [3.63, 3.8) is 0 Å². The lowest BCUT2D eigenvalue weighted by Gasteiger charge is -2.58. The molecule has 2 heteroatoms. The summed E-state index contributed by atoms with van der Waals surface area (Å²) in [6, 6.07) is 0.637. The molecule has 0 amide bonds. The van der Waals surface area contributed by atoms with Crippen LogP contribution in [0.2, 0.25) is 0 Å². The minimum Gasteiger partial charge on any atom is -0.317 e. The molecule has 4 aliphatic carbocycles. The molecule has 24 heavy (non-hydrogen) atoms. The molecular formula is C22H35NO. The fourth-order valence-electron chi connectivity index (χ4n) is 7.62. The molecule has 0 aromatic rings. The third-order valence-corrected chi connectivity index (χ3v) is 9.09. The zero-order valence-electron chi connectivity index (χ0n) is 16.0. The van der Waals surface area contributed by atoms with E-state index in [0.717, 1.165) is 36.5 Å². The minimum absolute atomic E-state index is 0.324. The molecule has 4 aliphatic rings. The number of fused-ring (bicyclic) bond motifs is 5. The van der Waals surface area contributed by atoms with Crippen molar-refractivity contribution in [1.29, 1.82) is 0 Å². The molecule has 0 bridgehead atoms. The maximum absolute atomic E-state index is 11.9. The highest BCUT2D eigenvalue weighted by atomic mass is 16.1. The van der Waals surface area contributed by atoms with Gasteiger partial charge >= 0.3 is 0 Å². The van der Waals surface area contributed by atoms with Gasteiger partial charge in [-0.3, -0.25) is 4.79 Å². The zero-order valence-corrected chi connectivity index (χ0v) is 16.0. The van der Waals surface area contributed by atoms with Gasteiger partial charge in [0.1, 0.15) is 0 Å². The van der Waals surface area contributed by atoms with Crippen molar-refractivity contribution in [3.05, 3.63) is 11.6 Å². The van der Waals surface area contributed by atoms with Gasteiger partial charge in [0, 0.05) is 12.5 Å². The molecule has 134 valence electrons. The van der Waals surface area contributed by atoms with Gasteiger partial charge in [0.15, 0.2) is 5.78 Å². The van der Waals surface area contributed by atoms with Crippen LogP contribution in [0.15, 0.2) is 11.6 Å². The first-order chi connectivity index (χ1) is 11.4. The Balaban J connectivity index is 1.63. The number of carbonyl (C=O) groups excluding carboxylic acids is 1. The average Bonchev–Trinajstić information content (AvgIpc) is 2.92. The molecular weight excluding hydrogens is 294 g/mol. The number of hydrogen-bond acceptors (Lipinski definition) is 2. The molecule has 0 aromatic heterocycles. The van der Waals surface area contributed by atoms with Crippen LogP contribution in [0.5, 0.6) is 0 Å². The summed E-state index contributed by atoms with van der Waals surface area (Å²) in [5, 5.41) is 3.55. The van der Waals surface area contributed by atoms with E-state index < -0.39 is 0 Å². The largest absolute Gasteiger partial charge is 0.317 e. The molecule has 1 N–H and O–H groups in total. The summed E-state index contributed by atoms with van der Waals surface area (Å²) in [5.41, 5.74) is 2.36. The second-order valence-electron chi connectivity index (χ2n) is 9.77. The van der Waals surface area contributed by atoms with E-state index in [1.807, 2.05) is 6.08 Å². The molecule has 0 saturated heterocycles. The molecule has 0 unspecified atom stereocenters. The summed E-state index contributed by atoms with van der Waals surface area (Å²) in [4.78, 5) is 11.9. The lowest BCUT2D eigenvalue weighted by Crippen LogP contribution is -2.52. The van der Waals surface area contributed by atoms with Crippen molar-refractivity contribution in [3.8, 4) is 0 Å². The quantitative estimate of drug-likeness (QED) is 0.792. The van der Waals surface area contributed by atoms with Crippen LogP contribution in [0.3, 0.4) is 0 Å². The second-order valence-corrected chi connectivity index (χ2v) is 9.77. The molecule has 2 nitrogen and oxygen atoms in total. The Morgan fingerprint density at radius 2 is 1.88 bits per heavy atom. The highest BCUT2D eigenvalue weighted by molar-refractivity contribution is 5.91. The second kappa shape index (κ2) is 5.69. The van der Waals surface area contributed by atoms with Gasteiger partial charge in [0.2, 0.25) is 0 Å². The number of nitrogens with one attached hydrogen (secondary N) is 1. The van der Waals surface area contributed by atoms with E-state index in [-0.39, 0.29) is 0 Å². The van der Waals surface area contributed by atoms with Crippen LogP contribution in [0, 0.1) is 34.5 Å². The van der Waals surface area contributed by atoms with Gasteiger partial charge in [0.25, 0.3) is 0 Å². The molecule has 3 saturated carbocycles. The van der Waals surface area contributed by atoms with Gasteiger partial charge in [-0.2, -0.15) is 0 Å². The van der Waals surface area contributed by atoms with E-state index in [4.69, 9.17) is 0 Å². The Bertz CT molecular complexity index is 566. The van der Waals surface area contributed by atoms with Gasteiger partial charge in [0.05, 0.1) is 0 Å². The van der Waals surface area contributed by atoms with Crippen LogP contribution in [0.25, 0.3) is 0 Å². The smallest absolute Gasteiger partial charge is 0.155 e. The van der Waals surface area contributed by atoms with Gasteiger partial charge < -0.3 is 5.32 Å². The third-order valence-electron chi connectivity index (χ3n) is 9.09. The van der Waals surface area contributed by atoms with Crippen LogP contribution >= 0.6 is 0 Å². The van der Waals surface area contributed by atoms with Gasteiger partial charge in [-0.15, -0.1) is 0 Å². The van der Waals surface area contributed by atoms with Gasteiger partial charge in [-0.05, 0) is 99.5 Å². The van der Waals surface area contributed by atoms with Crippen LogP contribution in [-0.4, -0.2) is 18.9 Å². The molecule has 0 spiro atoms. The fourth-order valence-corrected chi connectivity index (χ4v) is 7.62. The highest BCUT2D eigenvalue weighted by Crippen LogP contribution is 2.66. The number of carbonyl (C=O) groups is 1. The molecule has 4 rings (SSSR count). The summed E-state index contributed by atoms with van der Waals surface area (Å²) in [6.45, 7) is 7.49. The summed E-state index contributed by atoms with van der Waals surface area (Å²) in [6.07, 6.45) is 12.1. The maximum atomic E-state index is 11.9. The minimum atomic E-state index is 0.324. The molecule has 0 radical (unpaired) electrons. The Hall–Kier alpha value is -0.630. The predicted molar refractivity (Wildman–Crippen MR) is 98.7 cm³/mol. The van der Waals surface area contributed by atoms with E-state index in [9.17, 15) is 4.79 Å². The fraction of sp³-hybridized carbons (Fsp3) is 0.864. The number of hydrogen-bond donors (Lipinski definition) is 1. The van der Waals surface area contributed by atoms with E-state index in [1.165, 1.54) is 44.1 Å². The van der Waals surface area contributed by atoms with Crippen molar-refractivity contribution in [1.82, 2.24) is 5.32 Å². The molecule has 0 aromatic carbocycles. The van der Waals surface area contributed by atoms with E-state index in [2.05, 4.69) is 33.1 Å². The molecule has 0 heterocycles. The van der Waals surface area contributed by atoms with E-state index >= 15 is 0 Å². The summed E-state index contributed by atoms with van der Waals surface area (Å²) < 4.78 is 0. The first-order valence-electron chi connectivity index (χ1n) is 10.3. The zero-order chi connectivity index (χ0) is 17.1. The van der Waals surface area contributed by atoms with Crippen molar-refractivity contribution < 1.29 is 4.79 Å². The van der Waals surface area contributed by atoms with Crippen molar-refractivity contribution in [2.45, 2.75) is 78.2 Å². The van der Waals surface area contributed by atoms with Crippen LogP contribution in [0.4, 0.5) is 0 Å². The normalized spacial score (nSPS) is 49.0. The SMILES string of the molecule is CN[C@H](C)[C@H]1CC[C@H]2[C@@H]3CCC4=CC(=O)CC[C@]4(C)[C@H]3CC[C@]12C. The van der Waals surface area contributed by atoms with Crippen LogP contribution < -0.4 is 5.32 Å². The summed E-state index contributed by atoms with van der Waals surface area (Å²) in [5.74, 6) is 3.85. The third kappa shape index (κ3) is 2.21. The molecule has 0 aliphatic heterocycles. The monoisotopic (exact) mass is 329 g/mol. The van der Waals surface area contributed by atoms with Crippen molar-refractivity contribution >= 4 is 5.78 Å². The Morgan fingerprint density at radius 3 is 2.62 bits per heavy atom. The number of rotatable bonds is 2. The first kappa shape index (κ1) is 16.8. The topological polar surface area (TPSA) is 29.1 Å². The van der Waals surface area contributed by atoms with Gasteiger partial charge in [-0.25, -0.2) is 0 Å². The lowest BCUT2D eigenvalue weighted by molar-refractivity contribution is -0.117. The summed E-state index contributed by atoms with van der Waals surface area (Å²) in [7, 11) is 2.13. The van der Waals surface area contributed by atoms with Crippen LogP contribution in [-0.2, 0) is 4.79 Å². The lowest BCUT2D eigenvalue weighted by atomic mass is 9.46. The maximum Gasteiger partial charge on any atom is 0.155 e. The Kier molecular flexibility index (Phi) is 3.99. The molecule has 3 fully saturated rings. The van der Waals surface area contributed by atoms with Gasteiger partial charge in [-0.1, -0.05) is 19.4 Å². The Labute approximate surface area is 147 Å². The van der Waals surface area contributed by atoms with Crippen molar-refractivity contribution in [2.24, 2.45) is 34.5 Å². The van der Waals surface area contributed by atoms with Crippen molar-refractivity contribution in [2.75, 3.05) is 7.05 Å². The predicted octanol–water partition coefficient (Wildman–Crippen LogP) is 4.74. The first-order valence-corrected chi connectivity index (χ1v) is 10.3. The van der Waals surface area contributed by atoms with E-state index in [1.54, 1.807) is 0 Å². The van der Waals surface area contributed by atoms with E-state index in [0.29, 0.717) is 22.7 Å². The Morgan fingerprint density at radius 1 is 1.08 bits per heavy atom. The number of allylic oxidation sites excluding steroid dienone is 1. The molecule has 7 atom stereocenters. The standard InChI is InChI=1S/C22H35NO/c1-14(23-4)18-7-8-19-17-6-5-15-13-16(24)9-11-21(15,2)20(17)10-12-22(18,19)3/h13-14,17-20,23H,5-12H2,1-4H3/t14-,17+,18-,19+,20+,21+,22-/m1/s1. The summed E-state index contributed by atoms with van der Waals surface area (Å²) >= 11 is 0. The number of ketones is 1. The average molecular weight is 330 g/mol.